The number of aliphatic imine (C=N–C) groups is 1. The zero-order chi connectivity index (χ0) is 19.1. The number of hydrogen-bond acceptors (Lipinski definition) is 5. The third-order valence-electron chi connectivity index (χ3n) is 3.87. The van der Waals surface area contributed by atoms with Crippen molar-refractivity contribution in [2.24, 2.45) is 4.99 Å². The first-order valence-electron chi connectivity index (χ1n) is 8.36. The van der Waals surface area contributed by atoms with Crippen molar-refractivity contribution in [3.8, 4) is 0 Å². The highest BCUT2D eigenvalue weighted by atomic mass is 16.5. The molecule has 2 heterocycles. The number of nitrogens with zero attached hydrogens (tertiary/aromatic N) is 4. The Kier molecular flexibility index (Phi) is 5.83. The lowest BCUT2D eigenvalue weighted by molar-refractivity contribution is 0.187. The van der Waals surface area contributed by atoms with E-state index in [0.29, 0.717) is 24.7 Å². The lowest BCUT2D eigenvalue weighted by Crippen LogP contribution is -2.36. The Balaban J connectivity index is 1.52. The maximum absolute atomic E-state index is 11.2. The second-order valence-corrected chi connectivity index (χ2v) is 5.64. The van der Waals surface area contributed by atoms with E-state index in [2.05, 4.69) is 35.9 Å². The number of anilines is 1. The van der Waals surface area contributed by atoms with Crippen molar-refractivity contribution < 1.29 is 9.53 Å². The van der Waals surface area contributed by atoms with Gasteiger partial charge < -0.3 is 15.4 Å². The Morgan fingerprint density at radius 1 is 1.11 bits per heavy atom. The van der Waals surface area contributed by atoms with Gasteiger partial charge in [0.1, 0.15) is 0 Å². The predicted octanol–water partition coefficient (Wildman–Crippen LogP) is 1.77. The highest BCUT2D eigenvalue weighted by Gasteiger charge is 2.06. The lowest BCUT2D eigenvalue weighted by Gasteiger charge is -2.12. The van der Waals surface area contributed by atoms with Crippen LogP contribution in [0.4, 0.5) is 10.5 Å². The fraction of sp³-hybridized carbons (Fsp3) is 0.222. The first-order valence-corrected chi connectivity index (χ1v) is 8.36. The number of aromatic nitrogens is 3. The van der Waals surface area contributed by atoms with Crippen molar-refractivity contribution in [3.05, 3.63) is 60.0 Å². The SMILES string of the molecule is CN=C(NCc1ccc(NC(=O)OC)cc1)NCc1nnc2ccccn12. The van der Waals surface area contributed by atoms with Crippen molar-refractivity contribution in [3.63, 3.8) is 0 Å². The van der Waals surface area contributed by atoms with Gasteiger partial charge in [-0.1, -0.05) is 18.2 Å². The maximum Gasteiger partial charge on any atom is 0.411 e. The van der Waals surface area contributed by atoms with Crippen molar-refractivity contribution in [2.45, 2.75) is 13.1 Å². The van der Waals surface area contributed by atoms with E-state index in [-0.39, 0.29) is 0 Å². The number of carbonyl (C=O) groups excluding carboxylic acids is 1. The minimum Gasteiger partial charge on any atom is -0.453 e. The highest BCUT2D eigenvalue weighted by molar-refractivity contribution is 5.84. The van der Waals surface area contributed by atoms with Crippen molar-refractivity contribution in [1.29, 1.82) is 0 Å². The summed E-state index contributed by atoms with van der Waals surface area (Å²) in [6.07, 6.45) is 1.43. The topological polar surface area (TPSA) is 105 Å². The first kappa shape index (κ1) is 18.2. The molecule has 0 aliphatic rings. The Bertz CT molecular complexity index is 934. The normalized spacial score (nSPS) is 11.3. The Morgan fingerprint density at radius 3 is 2.63 bits per heavy atom. The number of guanidine groups is 1. The summed E-state index contributed by atoms with van der Waals surface area (Å²) < 4.78 is 6.49. The summed E-state index contributed by atoms with van der Waals surface area (Å²) in [6, 6.07) is 13.2. The van der Waals surface area contributed by atoms with Gasteiger partial charge >= 0.3 is 6.09 Å². The molecule has 0 saturated carbocycles. The fourth-order valence-corrected chi connectivity index (χ4v) is 2.46. The Morgan fingerprint density at radius 2 is 1.89 bits per heavy atom. The van der Waals surface area contributed by atoms with Gasteiger partial charge in [0, 0.05) is 25.5 Å². The Labute approximate surface area is 156 Å². The molecule has 0 spiro atoms. The average Bonchev–Trinajstić information content (AvgIpc) is 3.12. The zero-order valence-electron chi connectivity index (χ0n) is 15.1. The molecule has 3 aromatic rings. The molecule has 9 nitrogen and oxygen atoms in total. The monoisotopic (exact) mass is 367 g/mol. The summed E-state index contributed by atoms with van der Waals surface area (Å²) in [5.41, 5.74) is 2.52. The molecule has 9 heteroatoms. The van der Waals surface area contributed by atoms with E-state index in [0.717, 1.165) is 17.0 Å². The molecule has 0 radical (unpaired) electrons. The molecule has 3 N–H and O–H groups in total. The van der Waals surface area contributed by atoms with Crippen LogP contribution < -0.4 is 16.0 Å². The summed E-state index contributed by atoms with van der Waals surface area (Å²) in [7, 11) is 3.04. The van der Waals surface area contributed by atoms with Crippen LogP contribution in [0.25, 0.3) is 5.65 Å². The molecule has 1 amide bonds. The number of methoxy groups -OCH3 is 1. The van der Waals surface area contributed by atoms with E-state index in [9.17, 15) is 4.79 Å². The second kappa shape index (κ2) is 8.65. The lowest BCUT2D eigenvalue weighted by atomic mass is 10.2. The van der Waals surface area contributed by atoms with Crippen LogP contribution in [0.15, 0.2) is 53.7 Å². The number of hydrogen-bond donors (Lipinski definition) is 3. The van der Waals surface area contributed by atoms with E-state index in [1.165, 1.54) is 7.11 Å². The molecule has 0 bridgehead atoms. The number of ether oxygens (including phenoxy) is 1. The minimum absolute atomic E-state index is 0.493. The third-order valence-corrected chi connectivity index (χ3v) is 3.87. The standard InChI is InChI=1S/C18H21N7O2/c1-19-17(21-12-16-24-23-15-5-3-4-10-25(15)16)20-11-13-6-8-14(9-7-13)22-18(26)27-2/h3-10H,11-12H2,1-2H3,(H,22,26)(H2,19,20,21). The van der Waals surface area contributed by atoms with Gasteiger partial charge in [-0.3, -0.25) is 14.7 Å². The van der Waals surface area contributed by atoms with Gasteiger partial charge in [-0.15, -0.1) is 10.2 Å². The van der Waals surface area contributed by atoms with Gasteiger partial charge in [0.15, 0.2) is 17.4 Å². The molecule has 0 unspecified atom stereocenters. The summed E-state index contributed by atoms with van der Waals surface area (Å²) in [6.45, 7) is 1.07. The number of amides is 1. The number of fused-ring (bicyclic) bond motifs is 1. The molecule has 0 atom stereocenters. The molecule has 140 valence electrons. The van der Waals surface area contributed by atoms with Gasteiger partial charge in [0.05, 0.1) is 13.7 Å². The number of benzene rings is 1. The fourth-order valence-electron chi connectivity index (χ4n) is 2.46. The smallest absolute Gasteiger partial charge is 0.411 e. The van der Waals surface area contributed by atoms with E-state index < -0.39 is 6.09 Å². The third kappa shape index (κ3) is 4.72. The van der Waals surface area contributed by atoms with Crippen LogP contribution >= 0.6 is 0 Å². The molecule has 3 rings (SSSR count). The molecule has 0 aliphatic carbocycles. The number of nitrogens with one attached hydrogen (secondary N) is 3. The minimum atomic E-state index is -0.494. The molecule has 27 heavy (non-hydrogen) atoms. The van der Waals surface area contributed by atoms with Gasteiger partial charge in [0.25, 0.3) is 0 Å². The van der Waals surface area contributed by atoms with Crippen LogP contribution in [-0.2, 0) is 17.8 Å². The quantitative estimate of drug-likeness (QED) is 0.469. The van der Waals surface area contributed by atoms with Crippen LogP contribution in [-0.4, -0.2) is 40.8 Å². The summed E-state index contributed by atoms with van der Waals surface area (Å²) in [5, 5.41) is 17.4. The van der Waals surface area contributed by atoms with Crippen molar-refractivity contribution in [2.75, 3.05) is 19.5 Å². The number of pyridine rings is 1. The molecule has 0 saturated heterocycles. The summed E-state index contributed by atoms with van der Waals surface area (Å²) in [5.74, 6) is 1.45. The summed E-state index contributed by atoms with van der Waals surface area (Å²) >= 11 is 0. The number of rotatable bonds is 5. The van der Waals surface area contributed by atoms with E-state index in [1.54, 1.807) is 7.05 Å². The zero-order valence-corrected chi connectivity index (χ0v) is 15.1. The average molecular weight is 367 g/mol. The summed E-state index contributed by atoms with van der Waals surface area (Å²) in [4.78, 5) is 15.4. The van der Waals surface area contributed by atoms with E-state index >= 15 is 0 Å². The van der Waals surface area contributed by atoms with Crippen LogP contribution in [0.3, 0.4) is 0 Å². The molecule has 0 aliphatic heterocycles. The molecular formula is C18H21N7O2. The van der Waals surface area contributed by atoms with Gasteiger partial charge in [-0.25, -0.2) is 4.79 Å². The largest absolute Gasteiger partial charge is 0.453 e. The van der Waals surface area contributed by atoms with Crippen molar-refractivity contribution in [1.82, 2.24) is 25.2 Å². The predicted molar refractivity (Wildman–Crippen MR) is 102 cm³/mol. The highest BCUT2D eigenvalue weighted by Crippen LogP contribution is 2.09. The van der Waals surface area contributed by atoms with Crippen molar-refractivity contribution >= 4 is 23.4 Å². The van der Waals surface area contributed by atoms with Crippen LogP contribution in [0.5, 0.6) is 0 Å². The molecule has 0 fully saturated rings. The van der Waals surface area contributed by atoms with Crippen LogP contribution in [0, 0.1) is 0 Å². The Hall–Kier alpha value is -3.62. The molecular weight excluding hydrogens is 346 g/mol. The van der Waals surface area contributed by atoms with Gasteiger partial charge in [-0.2, -0.15) is 0 Å². The van der Waals surface area contributed by atoms with E-state index in [1.807, 2.05) is 53.1 Å². The van der Waals surface area contributed by atoms with Gasteiger partial charge in [0.2, 0.25) is 0 Å². The second-order valence-electron chi connectivity index (χ2n) is 5.64. The van der Waals surface area contributed by atoms with Crippen LogP contribution in [0.1, 0.15) is 11.4 Å². The maximum atomic E-state index is 11.2. The number of carbonyl (C=O) groups is 1. The van der Waals surface area contributed by atoms with Gasteiger partial charge in [-0.05, 0) is 29.8 Å². The first-order chi connectivity index (χ1) is 13.2. The van der Waals surface area contributed by atoms with E-state index in [4.69, 9.17) is 0 Å². The molecule has 2 aromatic heterocycles. The molecule has 1 aromatic carbocycles. The van der Waals surface area contributed by atoms with Crippen LogP contribution in [0.2, 0.25) is 0 Å².